The number of hydrogen-bond acceptors (Lipinski definition) is 5. The molecule has 1 aromatic carbocycles. The number of carbonyl (C=O) groups is 1. The lowest BCUT2D eigenvalue weighted by Crippen LogP contribution is -2.40. The van der Waals surface area contributed by atoms with Crippen LogP contribution in [0.4, 0.5) is 5.69 Å². The van der Waals surface area contributed by atoms with E-state index in [0.717, 1.165) is 0 Å². The van der Waals surface area contributed by atoms with Crippen molar-refractivity contribution in [3.05, 3.63) is 37.4 Å². The predicted octanol–water partition coefficient (Wildman–Crippen LogP) is 0.936. The summed E-state index contributed by atoms with van der Waals surface area (Å²) in [5.74, 6) is -0.482. The van der Waals surface area contributed by atoms with Gasteiger partial charge in [0.05, 0.1) is 29.7 Å². The van der Waals surface area contributed by atoms with Crippen LogP contribution in [-0.4, -0.2) is 42.3 Å². The van der Waals surface area contributed by atoms with Gasteiger partial charge < -0.3 is 15.2 Å². The lowest BCUT2D eigenvalue weighted by Gasteiger charge is -2.15. The Morgan fingerprint density at radius 1 is 1.63 bits per heavy atom. The molecule has 1 unspecified atom stereocenters. The van der Waals surface area contributed by atoms with E-state index >= 15 is 0 Å². The minimum atomic E-state index is -0.564. The van der Waals surface area contributed by atoms with Crippen LogP contribution in [0.5, 0.6) is 0 Å². The van der Waals surface area contributed by atoms with Gasteiger partial charge in [-0.3, -0.25) is 14.9 Å². The molecule has 0 aromatic heterocycles. The number of nitrogens with zero attached hydrogens (tertiary/aromatic N) is 1. The number of nitro benzene ring substituents is 1. The molecule has 0 radical (unpaired) electrons. The number of non-ortho nitro benzene ring substituents is 1. The van der Waals surface area contributed by atoms with Gasteiger partial charge in [0.2, 0.25) is 0 Å². The molecule has 0 heterocycles. The topological polar surface area (TPSA) is 102 Å². The largest absolute Gasteiger partial charge is 0.394 e. The second-order valence-corrected chi connectivity index (χ2v) is 4.89. The fraction of sp³-hybridized carbons (Fsp3) is 0.364. The molecule has 0 saturated heterocycles. The Morgan fingerprint density at radius 3 is 2.84 bits per heavy atom. The van der Waals surface area contributed by atoms with Gasteiger partial charge in [0.15, 0.2) is 0 Å². The molecule has 104 valence electrons. The zero-order chi connectivity index (χ0) is 14.4. The Kier molecular flexibility index (Phi) is 6.12. The summed E-state index contributed by atoms with van der Waals surface area (Å²) in [6, 6.07) is 3.49. The van der Waals surface area contributed by atoms with Crippen molar-refractivity contribution in [2.24, 2.45) is 0 Å². The molecule has 7 nitrogen and oxygen atoms in total. The van der Waals surface area contributed by atoms with E-state index in [4.69, 9.17) is 9.84 Å². The molecule has 1 amide bonds. The predicted molar refractivity (Wildman–Crippen MR) is 76.0 cm³/mol. The number of carbonyl (C=O) groups excluding carboxylic acids is 1. The van der Waals surface area contributed by atoms with Gasteiger partial charge in [-0.15, -0.1) is 0 Å². The Labute approximate surface area is 123 Å². The molecule has 0 spiro atoms. The van der Waals surface area contributed by atoms with Crippen molar-refractivity contribution < 1.29 is 19.6 Å². The molecular formula is C11H13IN2O5. The normalized spacial score (nSPS) is 11.9. The van der Waals surface area contributed by atoms with Crippen LogP contribution in [0.2, 0.25) is 0 Å². The lowest BCUT2D eigenvalue weighted by atomic mass is 10.2. The van der Waals surface area contributed by atoms with Crippen LogP contribution < -0.4 is 5.32 Å². The number of ether oxygens (including phenoxy) is 1. The summed E-state index contributed by atoms with van der Waals surface area (Å²) in [4.78, 5) is 22.1. The number of benzene rings is 1. The molecular weight excluding hydrogens is 367 g/mol. The molecule has 1 aromatic rings. The van der Waals surface area contributed by atoms with E-state index < -0.39 is 16.9 Å². The number of methoxy groups -OCH3 is 1. The van der Waals surface area contributed by atoms with Crippen molar-refractivity contribution in [2.75, 3.05) is 20.3 Å². The van der Waals surface area contributed by atoms with Crippen molar-refractivity contribution in [3.63, 3.8) is 0 Å². The molecule has 8 heteroatoms. The second-order valence-electron chi connectivity index (χ2n) is 3.73. The van der Waals surface area contributed by atoms with Crippen LogP contribution in [0.3, 0.4) is 0 Å². The number of amides is 1. The van der Waals surface area contributed by atoms with Gasteiger partial charge in [0.25, 0.3) is 11.6 Å². The summed E-state index contributed by atoms with van der Waals surface area (Å²) in [6.45, 7) is -0.112. The summed E-state index contributed by atoms with van der Waals surface area (Å²) in [5, 5.41) is 22.3. The molecule has 19 heavy (non-hydrogen) atoms. The van der Waals surface area contributed by atoms with E-state index in [-0.39, 0.29) is 24.5 Å². The highest BCUT2D eigenvalue weighted by Crippen LogP contribution is 2.19. The van der Waals surface area contributed by atoms with Gasteiger partial charge in [-0.25, -0.2) is 0 Å². The number of hydrogen-bond donors (Lipinski definition) is 2. The number of aliphatic hydroxyl groups excluding tert-OH is 1. The number of nitro groups is 1. The SMILES string of the molecule is COCC(CO)NC(=O)c1cc([N+](=O)[O-])ccc1I. The Bertz CT molecular complexity index is 480. The van der Waals surface area contributed by atoms with Gasteiger partial charge in [-0.1, -0.05) is 0 Å². The van der Waals surface area contributed by atoms with Crippen LogP contribution in [-0.2, 0) is 4.74 Å². The molecule has 2 N–H and O–H groups in total. The van der Waals surface area contributed by atoms with Crippen molar-refractivity contribution in [3.8, 4) is 0 Å². The summed E-state index contributed by atoms with van der Waals surface area (Å²) < 4.78 is 5.43. The fourth-order valence-electron chi connectivity index (χ4n) is 1.41. The van der Waals surface area contributed by atoms with Gasteiger partial charge in [0, 0.05) is 22.8 Å². The third-order valence-electron chi connectivity index (χ3n) is 2.33. The minimum absolute atomic E-state index is 0.155. The third-order valence-corrected chi connectivity index (χ3v) is 3.27. The highest BCUT2D eigenvalue weighted by Gasteiger charge is 2.18. The molecule has 0 saturated carbocycles. The number of halogens is 1. The smallest absolute Gasteiger partial charge is 0.270 e. The standard InChI is InChI=1S/C11H13IN2O5/c1-19-6-7(5-15)13-11(16)9-4-8(14(17)18)2-3-10(9)12/h2-4,7,15H,5-6H2,1H3,(H,13,16). The van der Waals surface area contributed by atoms with Gasteiger partial charge in [-0.05, 0) is 28.7 Å². The molecule has 0 bridgehead atoms. The van der Waals surface area contributed by atoms with Gasteiger partial charge >= 0.3 is 0 Å². The van der Waals surface area contributed by atoms with Crippen molar-refractivity contribution >= 4 is 34.2 Å². The van der Waals surface area contributed by atoms with Crippen molar-refractivity contribution in [1.82, 2.24) is 5.32 Å². The number of nitrogens with one attached hydrogen (secondary N) is 1. The first-order valence-electron chi connectivity index (χ1n) is 5.34. The van der Waals surface area contributed by atoms with E-state index in [2.05, 4.69) is 5.32 Å². The lowest BCUT2D eigenvalue weighted by molar-refractivity contribution is -0.384. The van der Waals surface area contributed by atoms with E-state index in [1.807, 2.05) is 22.6 Å². The Morgan fingerprint density at radius 2 is 2.32 bits per heavy atom. The van der Waals surface area contributed by atoms with Crippen molar-refractivity contribution in [2.45, 2.75) is 6.04 Å². The summed E-state index contributed by atoms with van der Waals surface area (Å²) in [5.41, 5.74) is 0.0437. The molecule has 0 fully saturated rings. The number of aliphatic hydroxyl groups is 1. The van der Waals surface area contributed by atoms with Crippen LogP contribution in [0.25, 0.3) is 0 Å². The summed E-state index contributed by atoms with van der Waals surface area (Å²) in [7, 11) is 1.45. The maximum Gasteiger partial charge on any atom is 0.270 e. The summed E-state index contributed by atoms with van der Waals surface area (Å²) >= 11 is 1.92. The fourth-order valence-corrected chi connectivity index (χ4v) is 1.99. The highest BCUT2D eigenvalue weighted by molar-refractivity contribution is 14.1. The van der Waals surface area contributed by atoms with Crippen LogP contribution in [0.1, 0.15) is 10.4 Å². The maximum atomic E-state index is 12.0. The average Bonchev–Trinajstić information content (AvgIpc) is 2.38. The van der Waals surface area contributed by atoms with Crippen molar-refractivity contribution in [1.29, 1.82) is 0 Å². The quantitative estimate of drug-likeness (QED) is 0.435. The first-order valence-corrected chi connectivity index (χ1v) is 6.42. The Balaban J connectivity index is 2.92. The number of rotatable bonds is 6. The maximum absolute atomic E-state index is 12.0. The van der Waals surface area contributed by atoms with E-state index in [9.17, 15) is 14.9 Å². The van der Waals surface area contributed by atoms with E-state index in [1.165, 1.54) is 25.3 Å². The first-order chi connectivity index (χ1) is 8.99. The molecule has 0 aliphatic rings. The molecule has 0 aliphatic carbocycles. The van der Waals surface area contributed by atoms with Crippen LogP contribution >= 0.6 is 22.6 Å². The Hall–Kier alpha value is -1.26. The molecule has 1 rings (SSSR count). The zero-order valence-electron chi connectivity index (χ0n) is 10.1. The first kappa shape index (κ1) is 15.8. The van der Waals surface area contributed by atoms with Gasteiger partial charge in [-0.2, -0.15) is 0 Å². The van der Waals surface area contributed by atoms with Crippen LogP contribution in [0, 0.1) is 13.7 Å². The van der Waals surface area contributed by atoms with Crippen LogP contribution in [0.15, 0.2) is 18.2 Å². The second kappa shape index (κ2) is 7.36. The third kappa shape index (κ3) is 4.40. The molecule has 0 aliphatic heterocycles. The monoisotopic (exact) mass is 380 g/mol. The highest BCUT2D eigenvalue weighted by atomic mass is 127. The summed E-state index contributed by atoms with van der Waals surface area (Å²) in [6.07, 6.45) is 0. The zero-order valence-corrected chi connectivity index (χ0v) is 12.3. The van der Waals surface area contributed by atoms with E-state index in [0.29, 0.717) is 3.57 Å². The van der Waals surface area contributed by atoms with E-state index in [1.54, 1.807) is 0 Å². The van der Waals surface area contributed by atoms with Gasteiger partial charge in [0.1, 0.15) is 0 Å². The average molecular weight is 380 g/mol. The molecule has 1 atom stereocenters. The minimum Gasteiger partial charge on any atom is -0.394 e.